The van der Waals surface area contributed by atoms with E-state index in [1.54, 1.807) is 23.7 Å². The summed E-state index contributed by atoms with van der Waals surface area (Å²) in [6, 6.07) is 12.3. The van der Waals surface area contributed by atoms with Gasteiger partial charge in [0.05, 0.1) is 16.7 Å². The van der Waals surface area contributed by atoms with Gasteiger partial charge in [0.1, 0.15) is 0 Å². The monoisotopic (exact) mass is 546 g/mol. The van der Waals surface area contributed by atoms with Crippen molar-refractivity contribution in [3.05, 3.63) is 74.5 Å². The van der Waals surface area contributed by atoms with Crippen LogP contribution in [0.5, 0.6) is 0 Å². The molecule has 0 saturated carbocycles. The summed E-state index contributed by atoms with van der Waals surface area (Å²) >= 11 is 4.58. The number of thioether (sulfide) groups is 1. The molecule has 0 saturated heterocycles. The average Bonchev–Trinajstić information content (AvgIpc) is 3.17. The molecule has 10 nitrogen and oxygen atoms in total. The first-order chi connectivity index (χ1) is 16.2. The van der Waals surface area contributed by atoms with Crippen molar-refractivity contribution in [2.75, 3.05) is 11.1 Å². The molecule has 0 radical (unpaired) electrons. The van der Waals surface area contributed by atoms with Crippen molar-refractivity contribution >= 4 is 50.9 Å². The highest BCUT2D eigenvalue weighted by Gasteiger charge is 2.26. The molecule has 0 unspecified atom stereocenters. The van der Waals surface area contributed by atoms with Crippen LogP contribution in [0.2, 0.25) is 0 Å². The van der Waals surface area contributed by atoms with Crippen molar-refractivity contribution in [1.82, 2.24) is 20.1 Å². The van der Waals surface area contributed by atoms with E-state index < -0.39 is 16.9 Å². The van der Waals surface area contributed by atoms with Crippen molar-refractivity contribution in [2.24, 2.45) is 13.0 Å². The number of carbonyl (C=O) groups is 2. The molecule has 0 spiro atoms. The van der Waals surface area contributed by atoms with Gasteiger partial charge in [-0.15, -0.1) is 10.2 Å². The topological polar surface area (TPSA) is 132 Å². The Morgan fingerprint density at radius 2 is 1.88 bits per heavy atom. The zero-order valence-electron chi connectivity index (χ0n) is 18.7. The number of halogens is 1. The lowest BCUT2D eigenvalue weighted by Crippen LogP contribution is -2.33. The second-order valence-electron chi connectivity index (χ2n) is 7.75. The highest BCUT2D eigenvalue weighted by Crippen LogP contribution is 2.25. The summed E-state index contributed by atoms with van der Waals surface area (Å²) in [5.41, 5.74) is 0.713. The molecule has 0 fully saturated rings. The zero-order chi connectivity index (χ0) is 24.8. The SMILES string of the molecule is CC(C)[C@@H](NC(=O)c1cccc([N+](=O)[O-])c1)c1nnc(SCC(=O)Nc2ccc(Br)cc2)n1C. The van der Waals surface area contributed by atoms with Crippen molar-refractivity contribution in [1.29, 1.82) is 0 Å². The summed E-state index contributed by atoms with van der Waals surface area (Å²) in [5, 5.41) is 25.7. The molecule has 2 N–H and O–H groups in total. The van der Waals surface area contributed by atoms with Gasteiger partial charge in [-0.2, -0.15) is 0 Å². The standard InChI is InChI=1S/C22H23BrN6O4S/c1-13(2)19(25-21(31)14-5-4-6-17(11-14)29(32)33)20-26-27-22(28(20)3)34-12-18(30)24-16-9-7-15(23)8-10-16/h4-11,13,19H,12H2,1-3H3,(H,24,30)(H,25,31)/t19-/m1/s1. The van der Waals surface area contributed by atoms with Crippen LogP contribution in [0.3, 0.4) is 0 Å². The van der Waals surface area contributed by atoms with E-state index in [4.69, 9.17) is 0 Å². The number of rotatable bonds is 9. The fourth-order valence-corrected chi connectivity index (χ4v) is 4.08. The van der Waals surface area contributed by atoms with E-state index in [0.29, 0.717) is 16.7 Å². The number of hydrogen-bond donors (Lipinski definition) is 2. The first-order valence-corrected chi connectivity index (χ1v) is 12.1. The lowest BCUT2D eigenvalue weighted by atomic mass is 10.0. The van der Waals surface area contributed by atoms with Crippen LogP contribution < -0.4 is 10.6 Å². The van der Waals surface area contributed by atoms with Gasteiger partial charge in [0.15, 0.2) is 11.0 Å². The molecule has 0 bridgehead atoms. The molecule has 178 valence electrons. The number of nitro groups is 1. The second kappa shape index (κ2) is 11.3. The molecule has 1 heterocycles. The first kappa shape index (κ1) is 25.4. The summed E-state index contributed by atoms with van der Waals surface area (Å²) in [5.74, 6) is -0.0209. The third-order valence-corrected chi connectivity index (χ3v) is 6.43. The first-order valence-electron chi connectivity index (χ1n) is 10.3. The molecule has 3 rings (SSSR count). The van der Waals surface area contributed by atoms with Crippen molar-refractivity contribution < 1.29 is 14.5 Å². The molecule has 0 aliphatic rings. The van der Waals surface area contributed by atoms with E-state index in [2.05, 4.69) is 36.8 Å². The number of nitrogens with zero attached hydrogens (tertiary/aromatic N) is 4. The average molecular weight is 547 g/mol. The number of nitro benzene ring substituents is 1. The zero-order valence-corrected chi connectivity index (χ0v) is 21.1. The minimum atomic E-state index is -0.546. The van der Waals surface area contributed by atoms with Crippen molar-refractivity contribution in [2.45, 2.75) is 25.0 Å². The van der Waals surface area contributed by atoms with E-state index in [9.17, 15) is 19.7 Å². The summed E-state index contributed by atoms with van der Waals surface area (Å²) in [6.45, 7) is 3.84. The van der Waals surface area contributed by atoms with Gasteiger partial charge in [-0.3, -0.25) is 19.7 Å². The van der Waals surface area contributed by atoms with Crippen LogP contribution in [-0.4, -0.2) is 37.3 Å². The van der Waals surface area contributed by atoms with Crippen LogP contribution in [-0.2, 0) is 11.8 Å². The number of benzene rings is 2. The highest BCUT2D eigenvalue weighted by atomic mass is 79.9. The summed E-state index contributed by atoms with van der Waals surface area (Å²) in [7, 11) is 1.76. The predicted octanol–water partition coefficient (Wildman–Crippen LogP) is 4.34. The van der Waals surface area contributed by atoms with Gasteiger partial charge >= 0.3 is 0 Å². The largest absolute Gasteiger partial charge is 0.342 e. The van der Waals surface area contributed by atoms with E-state index in [1.807, 2.05) is 26.0 Å². The van der Waals surface area contributed by atoms with Gasteiger partial charge in [0, 0.05) is 34.9 Å². The number of hydrogen-bond acceptors (Lipinski definition) is 7. The number of carbonyl (C=O) groups excluding carboxylic acids is 2. The Morgan fingerprint density at radius 3 is 2.53 bits per heavy atom. The molecule has 2 amide bonds. The smallest absolute Gasteiger partial charge is 0.270 e. The molecular weight excluding hydrogens is 524 g/mol. The van der Waals surface area contributed by atoms with Gasteiger partial charge in [-0.05, 0) is 36.2 Å². The van der Waals surface area contributed by atoms with E-state index >= 15 is 0 Å². The van der Waals surface area contributed by atoms with E-state index in [0.717, 1.165) is 4.47 Å². The lowest BCUT2D eigenvalue weighted by molar-refractivity contribution is -0.384. The predicted molar refractivity (Wildman–Crippen MR) is 133 cm³/mol. The van der Waals surface area contributed by atoms with Gasteiger partial charge in [-0.1, -0.05) is 47.6 Å². The maximum Gasteiger partial charge on any atom is 0.270 e. The fraction of sp³-hybridized carbons (Fsp3) is 0.273. The maximum atomic E-state index is 12.8. The third-order valence-electron chi connectivity index (χ3n) is 4.88. The van der Waals surface area contributed by atoms with Crippen LogP contribution in [0.15, 0.2) is 58.2 Å². The summed E-state index contributed by atoms with van der Waals surface area (Å²) < 4.78 is 2.65. The molecule has 2 aromatic carbocycles. The highest BCUT2D eigenvalue weighted by molar-refractivity contribution is 9.10. The van der Waals surface area contributed by atoms with Crippen LogP contribution in [0.25, 0.3) is 0 Å². The molecule has 0 aliphatic heterocycles. The van der Waals surface area contributed by atoms with Crippen LogP contribution >= 0.6 is 27.7 Å². The number of nitrogens with one attached hydrogen (secondary N) is 2. The minimum Gasteiger partial charge on any atom is -0.342 e. The maximum absolute atomic E-state index is 12.8. The van der Waals surface area contributed by atoms with E-state index in [1.165, 1.54) is 36.0 Å². The number of anilines is 1. The molecule has 1 aromatic heterocycles. The Hall–Kier alpha value is -3.25. The Bertz CT molecular complexity index is 1200. The molecule has 12 heteroatoms. The van der Waals surface area contributed by atoms with Crippen LogP contribution in [0.4, 0.5) is 11.4 Å². The second-order valence-corrected chi connectivity index (χ2v) is 9.60. The van der Waals surface area contributed by atoms with Gasteiger partial charge in [0.25, 0.3) is 11.6 Å². The van der Waals surface area contributed by atoms with Crippen LogP contribution in [0, 0.1) is 16.0 Å². The number of aromatic nitrogens is 3. The molecule has 34 heavy (non-hydrogen) atoms. The Morgan fingerprint density at radius 1 is 1.18 bits per heavy atom. The van der Waals surface area contributed by atoms with Crippen molar-refractivity contribution in [3.8, 4) is 0 Å². The Labute approximate surface area is 208 Å². The minimum absolute atomic E-state index is 0.0379. The fourth-order valence-electron chi connectivity index (χ4n) is 3.10. The Balaban J connectivity index is 1.68. The van der Waals surface area contributed by atoms with Gasteiger partial charge in [-0.25, -0.2) is 0 Å². The number of amides is 2. The van der Waals surface area contributed by atoms with Crippen LogP contribution in [0.1, 0.15) is 36.1 Å². The lowest BCUT2D eigenvalue weighted by Gasteiger charge is -2.21. The quantitative estimate of drug-likeness (QED) is 0.231. The van der Waals surface area contributed by atoms with E-state index in [-0.39, 0.29) is 28.8 Å². The summed E-state index contributed by atoms with van der Waals surface area (Å²) in [6.07, 6.45) is 0. The Kier molecular flexibility index (Phi) is 8.40. The molecule has 1 atom stereocenters. The summed E-state index contributed by atoms with van der Waals surface area (Å²) in [4.78, 5) is 35.6. The van der Waals surface area contributed by atoms with Crippen molar-refractivity contribution in [3.63, 3.8) is 0 Å². The molecule has 3 aromatic rings. The third kappa shape index (κ3) is 6.41. The molecule has 0 aliphatic carbocycles. The normalized spacial score (nSPS) is 11.8. The molecular formula is C22H23BrN6O4S. The van der Waals surface area contributed by atoms with Gasteiger partial charge < -0.3 is 15.2 Å². The van der Waals surface area contributed by atoms with Gasteiger partial charge in [0.2, 0.25) is 5.91 Å². The number of non-ortho nitro benzene ring substituents is 1.